The van der Waals surface area contributed by atoms with Gasteiger partial charge in [0.05, 0.1) is 43.4 Å². The molecule has 2 fully saturated rings. The van der Waals surface area contributed by atoms with Gasteiger partial charge in [-0.05, 0) is 68.0 Å². The van der Waals surface area contributed by atoms with Crippen molar-refractivity contribution in [2.75, 3.05) is 97.3 Å². The Morgan fingerprint density at radius 2 is 1.83 bits per heavy atom. The predicted octanol–water partition coefficient (Wildman–Crippen LogP) is 5.73. The number of halogens is 3. The van der Waals surface area contributed by atoms with Crippen LogP contribution in [0.5, 0.6) is 17.2 Å². The van der Waals surface area contributed by atoms with Gasteiger partial charge in [-0.25, -0.2) is 9.78 Å². The molecule has 2 saturated heterocycles. The largest absolute Gasteiger partial charge is 0.506 e. The first-order valence-corrected chi connectivity index (χ1v) is 23.4. The number of ether oxygens (including phenoxy) is 4. The number of unbranched alkanes of at least 4 members (excludes halogenated alkanes) is 1. The molecule has 3 aliphatic heterocycles. The van der Waals surface area contributed by atoms with Crippen molar-refractivity contribution in [3.05, 3.63) is 63.6 Å². The number of rotatable bonds is 21. The van der Waals surface area contributed by atoms with Crippen molar-refractivity contribution in [3.63, 3.8) is 0 Å². The lowest BCUT2D eigenvalue weighted by Gasteiger charge is -2.47. The van der Waals surface area contributed by atoms with Gasteiger partial charge in [0, 0.05) is 57.1 Å². The number of amides is 3. The van der Waals surface area contributed by atoms with Crippen molar-refractivity contribution in [3.8, 4) is 17.2 Å². The number of alkyl halides is 3. The van der Waals surface area contributed by atoms with Crippen LogP contribution >= 0.6 is 11.3 Å². The van der Waals surface area contributed by atoms with Gasteiger partial charge >= 0.3 is 12.1 Å². The van der Waals surface area contributed by atoms with Gasteiger partial charge in [0.25, 0.3) is 11.8 Å². The van der Waals surface area contributed by atoms with Gasteiger partial charge in [-0.15, -0.1) is 11.3 Å². The van der Waals surface area contributed by atoms with Gasteiger partial charge in [-0.2, -0.15) is 13.2 Å². The molecule has 0 unspecified atom stereocenters. The molecule has 3 aliphatic rings. The fourth-order valence-corrected chi connectivity index (χ4v) is 8.50. The third-order valence-electron chi connectivity index (χ3n) is 11.4. The number of benzene rings is 2. The average molecular weight is 949 g/mol. The number of thiazole rings is 1. The van der Waals surface area contributed by atoms with E-state index in [4.69, 9.17) is 28.8 Å². The van der Waals surface area contributed by atoms with Gasteiger partial charge in [-0.3, -0.25) is 19.3 Å². The van der Waals surface area contributed by atoms with Gasteiger partial charge < -0.3 is 49.6 Å². The second kappa shape index (κ2) is 25.2. The summed E-state index contributed by atoms with van der Waals surface area (Å²) in [7, 11) is 0. The summed E-state index contributed by atoms with van der Waals surface area (Å²) < 4.78 is 55.7. The zero-order valence-corrected chi connectivity index (χ0v) is 38.8. The molecule has 0 radical (unpaired) electrons. The average Bonchev–Trinajstić information content (AvgIpc) is 3.80. The molecule has 2 aromatic carbocycles. The number of aliphatic carboxylic acids is 1. The number of morpholine rings is 1. The summed E-state index contributed by atoms with van der Waals surface area (Å²) in [5.41, 5.74) is 2.60. The van der Waals surface area contributed by atoms with Crippen molar-refractivity contribution < 1.29 is 61.5 Å². The molecule has 364 valence electrons. The van der Waals surface area contributed by atoms with E-state index < -0.39 is 12.1 Å². The molecule has 0 aliphatic carbocycles. The number of carbonyl (C=O) groups is 4. The van der Waals surface area contributed by atoms with Crippen molar-refractivity contribution >= 4 is 40.7 Å². The van der Waals surface area contributed by atoms with Gasteiger partial charge in [-0.1, -0.05) is 45.4 Å². The van der Waals surface area contributed by atoms with E-state index in [0.717, 1.165) is 73.6 Å². The lowest BCUT2D eigenvalue weighted by Crippen LogP contribution is -2.58. The van der Waals surface area contributed by atoms with Crippen molar-refractivity contribution in [1.82, 2.24) is 25.0 Å². The number of nitrogens with zero attached hydrogens (tertiary/aromatic N) is 4. The summed E-state index contributed by atoms with van der Waals surface area (Å²) >= 11 is 1.56. The monoisotopic (exact) mass is 948 g/mol. The fourth-order valence-electron chi connectivity index (χ4n) is 7.69. The molecule has 4 N–H and O–H groups in total. The number of hydrogen-bond donors (Lipinski definition) is 4. The SMILES string of the molecule is CCCCN(CCNCCc1ccc(O)c2c1OCC(=O)N2)C(=O)CCOCCc1cccc(OCCN2CCC3(CC2)CN(C(=O)c2csc(C(C)C)n2)CCO3)c1.O=C(O)C(F)(F)F. The molecule has 20 heteroatoms. The number of phenols is 1. The number of piperidine rings is 1. The number of anilines is 1. The molecule has 6 rings (SSSR count). The number of fused-ring (bicyclic) bond motifs is 1. The van der Waals surface area contributed by atoms with Crippen LogP contribution < -0.4 is 20.1 Å². The molecular formula is C46H63F3N6O10S. The summed E-state index contributed by atoms with van der Waals surface area (Å²) in [6, 6.07) is 11.5. The summed E-state index contributed by atoms with van der Waals surface area (Å²) in [6.45, 7) is 14.7. The van der Waals surface area contributed by atoms with Crippen molar-refractivity contribution in [1.29, 1.82) is 0 Å². The highest BCUT2D eigenvalue weighted by molar-refractivity contribution is 7.09. The Labute approximate surface area is 387 Å². The van der Waals surface area contributed by atoms with E-state index in [9.17, 15) is 32.7 Å². The lowest BCUT2D eigenvalue weighted by molar-refractivity contribution is -0.192. The summed E-state index contributed by atoms with van der Waals surface area (Å²) in [5, 5.41) is 26.2. The molecule has 0 bridgehead atoms. The van der Waals surface area contributed by atoms with Crippen LogP contribution in [0.25, 0.3) is 0 Å². The van der Waals surface area contributed by atoms with Crippen LogP contribution in [0, 0.1) is 0 Å². The van der Waals surface area contributed by atoms with Crippen LogP contribution in [0.1, 0.15) is 85.4 Å². The second-order valence-electron chi connectivity index (χ2n) is 16.8. The van der Waals surface area contributed by atoms with E-state index in [1.54, 1.807) is 23.5 Å². The molecule has 3 amide bonds. The normalized spacial score (nSPS) is 15.9. The number of phenolic OH excluding ortho intramolecular Hbond substituents is 1. The van der Waals surface area contributed by atoms with E-state index in [2.05, 4.69) is 53.4 Å². The van der Waals surface area contributed by atoms with E-state index >= 15 is 0 Å². The summed E-state index contributed by atoms with van der Waals surface area (Å²) in [5.74, 6) is -1.30. The molecule has 4 heterocycles. The van der Waals surface area contributed by atoms with Gasteiger partial charge in [0.1, 0.15) is 29.5 Å². The van der Waals surface area contributed by atoms with E-state index in [1.807, 2.05) is 27.3 Å². The van der Waals surface area contributed by atoms with Crippen LogP contribution in [0.4, 0.5) is 18.9 Å². The molecule has 3 aromatic rings. The predicted molar refractivity (Wildman–Crippen MR) is 242 cm³/mol. The Hall–Kier alpha value is -5.02. The highest BCUT2D eigenvalue weighted by atomic mass is 32.1. The second-order valence-corrected chi connectivity index (χ2v) is 17.6. The lowest BCUT2D eigenvalue weighted by atomic mass is 9.89. The van der Waals surface area contributed by atoms with Crippen LogP contribution in [0.15, 0.2) is 41.8 Å². The minimum atomic E-state index is -5.08. The molecular weight excluding hydrogens is 886 g/mol. The van der Waals surface area contributed by atoms with E-state index in [-0.39, 0.29) is 35.7 Å². The van der Waals surface area contributed by atoms with Crippen LogP contribution in [0.2, 0.25) is 0 Å². The maximum atomic E-state index is 13.3. The first kappa shape index (κ1) is 52.0. The highest BCUT2D eigenvalue weighted by Gasteiger charge is 2.41. The number of carboxylic acid groups (broad SMARTS) is 1. The smallest absolute Gasteiger partial charge is 0.490 e. The number of likely N-dealkylation sites (tertiary alicyclic amines) is 1. The zero-order chi connectivity index (χ0) is 47.7. The standard InChI is InChI=1S/C44H62N6O8S.C2HF3O2/c1-4-5-18-49(21-17-45-16-11-34-9-10-37(51)40-41(34)57-29-38(52)47-40)39(53)13-25-55-24-12-33-7-6-8-35(28-33)56-26-22-48-19-14-44(15-20-48)31-50(23-27-58-44)43(54)36-30-59-42(46-36)32(2)3;3-2(4,5)1(6)7/h6-10,28,30,32,45,51H,4-5,11-27,29,31H2,1-3H3,(H,47,52);(H,6,7). The molecule has 1 aromatic heterocycles. The van der Waals surface area contributed by atoms with Crippen LogP contribution in [-0.2, 0) is 36.7 Å². The maximum absolute atomic E-state index is 13.3. The molecule has 1 spiro atoms. The molecule has 0 saturated carbocycles. The summed E-state index contributed by atoms with van der Waals surface area (Å²) in [6.07, 6.45) is 0.340. The Kier molecular flexibility index (Phi) is 19.8. The molecule has 0 atom stereocenters. The van der Waals surface area contributed by atoms with E-state index in [1.165, 1.54) is 0 Å². The minimum Gasteiger partial charge on any atom is -0.506 e. The van der Waals surface area contributed by atoms with Gasteiger partial charge in [0.15, 0.2) is 12.4 Å². The highest BCUT2D eigenvalue weighted by Crippen LogP contribution is 2.39. The minimum absolute atomic E-state index is 0.0103. The Balaban J connectivity index is 0.00000108. The first-order chi connectivity index (χ1) is 31.6. The topological polar surface area (TPSA) is 192 Å². The zero-order valence-electron chi connectivity index (χ0n) is 38.0. The quantitative estimate of drug-likeness (QED) is 0.0749. The van der Waals surface area contributed by atoms with Crippen LogP contribution in [-0.4, -0.2) is 157 Å². The Morgan fingerprint density at radius 3 is 2.55 bits per heavy atom. The third-order valence-corrected chi connectivity index (χ3v) is 12.6. The maximum Gasteiger partial charge on any atom is 0.490 e. The van der Waals surface area contributed by atoms with Gasteiger partial charge in [0.2, 0.25) is 5.91 Å². The van der Waals surface area contributed by atoms with Crippen molar-refractivity contribution in [2.24, 2.45) is 0 Å². The molecule has 16 nitrogen and oxygen atoms in total. The fraction of sp³-hybridized carbons (Fsp3) is 0.587. The van der Waals surface area contributed by atoms with Crippen LogP contribution in [0.3, 0.4) is 0 Å². The van der Waals surface area contributed by atoms with E-state index in [0.29, 0.717) is 102 Å². The summed E-state index contributed by atoms with van der Waals surface area (Å²) in [4.78, 5) is 57.8. The third kappa shape index (κ3) is 15.8. The Morgan fingerprint density at radius 1 is 1.06 bits per heavy atom. The number of carbonyl (C=O) groups excluding carboxylic acids is 3. The number of aromatic nitrogens is 1. The number of nitrogens with one attached hydrogen (secondary N) is 2. The van der Waals surface area contributed by atoms with Crippen molar-refractivity contribution in [2.45, 2.75) is 83.4 Å². The Bertz CT molecular complexity index is 2060. The number of carboxylic acids is 1. The molecule has 66 heavy (non-hydrogen) atoms. The first-order valence-electron chi connectivity index (χ1n) is 22.5. The number of aromatic hydroxyl groups is 1. The number of hydrogen-bond acceptors (Lipinski definition) is 13.